The van der Waals surface area contributed by atoms with E-state index in [4.69, 9.17) is 4.74 Å². The first kappa shape index (κ1) is 10.7. The molecule has 1 aromatic carbocycles. The molecule has 0 radical (unpaired) electrons. The molecule has 0 unspecified atom stereocenters. The Labute approximate surface area is 95.1 Å². The maximum absolute atomic E-state index is 11.3. The second-order valence-corrected chi connectivity index (χ2v) is 3.90. The Morgan fingerprint density at radius 1 is 1.62 bits per heavy atom. The average molecular weight is 217 g/mol. The highest BCUT2D eigenvalue weighted by atomic mass is 16.5. The zero-order valence-electron chi connectivity index (χ0n) is 9.32. The number of carbonyl (C=O) groups is 1. The van der Waals surface area contributed by atoms with Crippen molar-refractivity contribution in [2.45, 2.75) is 19.4 Å². The van der Waals surface area contributed by atoms with Crippen molar-refractivity contribution in [3.8, 4) is 5.75 Å². The van der Waals surface area contributed by atoms with Gasteiger partial charge in [-0.05, 0) is 18.6 Å². The molecule has 0 bridgehead atoms. The SMILES string of the molecule is C=CC(=O)N[C@@H]1CCOc2c(C)cccc21. The van der Waals surface area contributed by atoms with Gasteiger partial charge in [0.1, 0.15) is 5.75 Å². The fraction of sp³-hybridized carbons (Fsp3) is 0.308. The minimum absolute atomic E-state index is 0.0362. The lowest BCUT2D eigenvalue weighted by atomic mass is 9.98. The van der Waals surface area contributed by atoms with E-state index < -0.39 is 0 Å². The topological polar surface area (TPSA) is 38.3 Å². The summed E-state index contributed by atoms with van der Waals surface area (Å²) in [7, 11) is 0. The number of rotatable bonds is 2. The number of para-hydroxylation sites is 1. The minimum atomic E-state index is -0.139. The van der Waals surface area contributed by atoms with E-state index >= 15 is 0 Å². The van der Waals surface area contributed by atoms with Crippen molar-refractivity contribution in [3.63, 3.8) is 0 Å². The molecule has 84 valence electrons. The standard InChI is InChI=1S/C13H15NO2/c1-3-12(15)14-11-7-8-16-13-9(2)5-4-6-10(11)13/h3-6,11H,1,7-8H2,2H3,(H,14,15)/t11-/m1/s1. The van der Waals surface area contributed by atoms with Gasteiger partial charge in [-0.2, -0.15) is 0 Å². The zero-order chi connectivity index (χ0) is 11.5. The average Bonchev–Trinajstić information content (AvgIpc) is 2.30. The largest absolute Gasteiger partial charge is 0.493 e. The van der Waals surface area contributed by atoms with Gasteiger partial charge in [-0.1, -0.05) is 24.8 Å². The van der Waals surface area contributed by atoms with Crippen LogP contribution in [0.4, 0.5) is 0 Å². The molecule has 0 spiro atoms. The molecule has 0 aromatic heterocycles. The molecular formula is C13H15NO2. The van der Waals surface area contributed by atoms with E-state index in [2.05, 4.69) is 11.9 Å². The number of hydrogen-bond acceptors (Lipinski definition) is 2. The van der Waals surface area contributed by atoms with Gasteiger partial charge in [0.15, 0.2) is 0 Å². The molecule has 0 saturated carbocycles. The Balaban J connectivity index is 2.29. The van der Waals surface area contributed by atoms with Gasteiger partial charge < -0.3 is 10.1 Å². The molecule has 0 saturated heterocycles. The van der Waals surface area contributed by atoms with Crippen molar-refractivity contribution in [2.24, 2.45) is 0 Å². The summed E-state index contributed by atoms with van der Waals surface area (Å²) >= 11 is 0. The fourth-order valence-corrected chi connectivity index (χ4v) is 1.96. The van der Waals surface area contributed by atoms with E-state index in [0.717, 1.165) is 23.3 Å². The molecule has 1 aliphatic heterocycles. The van der Waals surface area contributed by atoms with Crippen LogP contribution >= 0.6 is 0 Å². The van der Waals surface area contributed by atoms with Crippen LogP contribution in [-0.4, -0.2) is 12.5 Å². The van der Waals surface area contributed by atoms with Gasteiger partial charge >= 0.3 is 0 Å². The van der Waals surface area contributed by atoms with Crippen molar-refractivity contribution in [2.75, 3.05) is 6.61 Å². The Morgan fingerprint density at radius 3 is 3.19 bits per heavy atom. The van der Waals surface area contributed by atoms with Crippen molar-refractivity contribution < 1.29 is 9.53 Å². The number of hydrogen-bond donors (Lipinski definition) is 1. The Bertz CT molecular complexity index is 426. The van der Waals surface area contributed by atoms with E-state index in [1.807, 2.05) is 25.1 Å². The third kappa shape index (κ3) is 1.94. The molecule has 1 atom stereocenters. The lowest BCUT2D eigenvalue weighted by molar-refractivity contribution is -0.117. The minimum Gasteiger partial charge on any atom is -0.493 e. The van der Waals surface area contributed by atoms with Crippen LogP contribution in [-0.2, 0) is 4.79 Å². The van der Waals surface area contributed by atoms with Gasteiger partial charge in [0, 0.05) is 12.0 Å². The highest BCUT2D eigenvalue weighted by Crippen LogP contribution is 2.34. The number of amides is 1. The van der Waals surface area contributed by atoms with E-state index in [-0.39, 0.29) is 11.9 Å². The number of ether oxygens (including phenoxy) is 1. The van der Waals surface area contributed by atoms with Crippen molar-refractivity contribution >= 4 is 5.91 Å². The van der Waals surface area contributed by atoms with Gasteiger partial charge in [0.25, 0.3) is 0 Å². The summed E-state index contributed by atoms with van der Waals surface area (Å²) in [5.41, 5.74) is 2.16. The summed E-state index contributed by atoms with van der Waals surface area (Å²) in [6, 6.07) is 6.02. The molecule has 1 aromatic rings. The lowest BCUT2D eigenvalue weighted by Gasteiger charge is -2.27. The van der Waals surface area contributed by atoms with Gasteiger partial charge in [0.05, 0.1) is 12.6 Å². The van der Waals surface area contributed by atoms with Crippen LogP contribution in [0.2, 0.25) is 0 Å². The fourth-order valence-electron chi connectivity index (χ4n) is 1.96. The first-order chi connectivity index (χ1) is 7.72. The summed E-state index contributed by atoms with van der Waals surface area (Å²) in [5.74, 6) is 0.766. The molecule has 3 heteroatoms. The van der Waals surface area contributed by atoms with Gasteiger partial charge in [-0.3, -0.25) is 4.79 Å². The Kier molecular flexibility index (Phi) is 2.95. The third-order valence-electron chi connectivity index (χ3n) is 2.77. The second kappa shape index (κ2) is 4.39. The normalized spacial score (nSPS) is 18.2. The van der Waals surface area contributed by atoms with Crippen LogP contribution in [0.15, 0.2) is 30.9 Å². The highest BCUT2D eigenvalue weighted by molar-refractivity contribution is 5.87. The van der Waals surface area contributed by atoms with E-state index in [0.29, 0.717) is 6.61 Å². The molecule has 3 nitrogen and oxygen atoms in total. The van der Waals surface area contributed by atoms with Crippen LogP contribution in [0.3, 0.4) is 0 Å². The number of nitrogens with one attached hydrogen (secondary N) is 1. The lowest BCUT2D eigenvalue weighted by Crippen LogP contribution is -2.31. The smallest absolute Gasteiger partial charge is 0.243 e. The van der Waals surface area contributed by atoms with Crippen molar-refractivity contribution in [1.82, 2.24) is 5.32 Å². The monoisotopic (exact) mass is 217 g/mol. The summed E-state index contributed by atoms with van der Waals surface area (Å²) in [6.45, 7) is 6.11. The molecular weight excluding hydrogens is 202 g/mol. The number of benzene rings is 1. The van der Waals surface area contributed by atoms with Crippen LogP contribution in [0, 0.1) is 6.92 Å². The maximum atomic E-state index is 11.3. The van der Waals surface area contributed by atoms with Crippen LogP contribution in [0.5, 0.6) is 5.75 Å². The molecule has 1 N–H and O–H groups in total. The van der Waals surface area contributed by atoms with Crippen LogP contribution in [0.1, 0.15) is 23.6 Å². The van der Waals surface area contributed by atoms with E-state index in [1.165, 1.54) is 6.08 Å². The maximum Gasteiger partial charge on any atom is 0.243 e. The number of carbonyl (C=O) groups excluding carboxylic acids is 1. The first-order valence-electron chi connectivity index (χ1n) is 5.37. The Hall–Kier alpha value is -1.77. The summed E-state index contributed by atoms with van der Waals surface area (Å²) < 4.78 is 5.62. The van der Waals surface area contributed by atoms with Crippen LogP contribution < -0.4 is 10.1 Å². The number of fused-ring (bicyclic) bond motifs is 1. The van der Waals surface area contributed by atoms with E-state index in [9.17, 15) is 4.79 Å². The Morgan fingerprint density at radius 2 is 2.44 bits per heavy atom. The van der Waals surface area contributed by atoms with Crippen molar-refractivity contribution in [1.29, 1.82) is 0 Å². The van der Waals surface area contributed by atoms with E-state index in [1.54, 1.807) is 0 Å². The zero-order valence-corrected chi connectivity index (χ0v) is 9.32. The molecule has 0 aliphatic carbocycles. The predicted octanol–water partition coefficient (Wildman–Crippen LogP) is 2.12. The summed E-state index contributed by atoms with van der Waals surface area (Å²) in [4.78, 5) is 11.3. The predicted molar refractivity (Wildman–Crippen MR) is 62.4 cm³/mol. The molecule has 0 fully saturated rings. The van der Waals surface area contributed by atoms with Crippen LogP contribution in [0.25, 0.3) is 0 Å². The van der Waals surface area contributed by atoms with Crippen molar-refractivity contribution in [3.05, 3.63) is 42.0 Å². The van der Waals surface area contributed by atoms with Gasteiger partial charge in [-0.15, -0.1) is 0 Å². The van der Waals surface area contributed by atoms with Gasteiger partial charge in [-0.25, -0.2) is 0 Å². The molecule has 1 amide bonds. The third-order valence-corrected chi connectivity index (χ3v) is 2.77. The molecule has 1 aliphatic rings. The van der Waals surface area contributed by atoms with Gasteiger partial charge in [0.2, 0.25) is 5.91 Å². The summed E-state index contributed by atoms with van der Waals surface area (Å²) in [5, 5.41) is 2.91. The second-order valence-electron chi connectivity index (χ2n) is 3.90. The summed E-state index contributed by atoms with van der Waals surface area (Å²) in [6.07, 6.45) is 2.10. The molecule has 2 rings (SSSR count). The molecule has 16 heavy (non-hydrogen) atoms. The molecule has 1 heterocycles. The highest BCUT2D eigenvalue weighted by Gasteiger charge is 2.23. The quantitative estimate of drug-likeness (QED) is 0.770. The first-order valence-corrected chi connectivity index (χ1v) is 5.37. The number of aryl methyl sites for hydroxylation is 1.